The van der Waals surface area contributed by atoms with Crippen LogP contribution >= 0.6 is 0 Å². The van der Waals surface area contributed by atoms with Gasteiger partial charge in [0.15, 0.2) is 6.33 Å². The van der Waals surface area contributed by atoms with Gasteiger partial charge in [0.1, 0.15) is 0 Å². The van der Waals surface area contributed by atoms with E-state index in [1.165, 1.54) is 10.9 Å². The van der Waals surface area contributed by atoms with Gasteiger partial charge >= 0.3 is 5.95 Å². The molecule has 11 heavy (non-hydrogen) atoms. The predicted molar refractivity (Wildman–Crippen MR) is 37.1 cm³/mol. The fourth-order valence-electron chi connectivity index (χ4n) is 0.731. The monoisotopic (exact) mass is 156 g/mol. The fourth-order valence-corrected chi connectivity index (χ4v) is 0.731. The standard InChI is InChI=1S/C5H8N4O2/c1-4(2)8-3-6-7-5(8)9(10)11/h3-4H,1-2H3. The maximum atomic E-state index is 10.3. The van der Waals surface area contributed by atoms with Gasteiger partial charge in [-0.1, -0.05) is 0 Å². The molecule has 0 atom stereocenters. The summed E-state index contributed by atoms with van der Waals surface area (Å²) in [6.45, 7) is 3.66. The van der Waals surface area contributed by atoms with E-state index >= 15 is 0 Å². The summed E-state index contributed by atoms with van der Waals surface area (Å²) in [4.78, 5) is 9.72. The molecule has 0 saturated heterocycles. The van der Waals surface area contributed by atoms with E-state index in [-0.39, 0.29) is 12.0 Å². The first-order valence-corrected chi connectivity index (χ1v) is 3.17. The lowest BCUT2D eigenvalue weighted by Gasteiger charge is -2.01. The van der Waals surface area contributed by atoms with Gasteiger partial charge in [0.25, 0.3) is 0 Å². The SMILES string of the molecule is CC(C)n1cnnc1[N+](=O)[O-]. The molecule has 0 spiro atoms. The minimum atomic E-state index is -0.549. The molecule has 0 unspecified atom stereocenters. The summed E-state index contributed by atoms with van der Waals surface area (Å²) in [6.07, 6.45) is 1.35. The first kappa shape index (κ1) is 7.64. The van der Waals surface area contributed by atoms with Crippen LogP contribution in [0.4, 0.5) is 5.95 Å². The van der Waals surface area contributed by atoms with Crippen molar-refractivity contribution in [2.24, 2.45) is 0 Å². The molecular weight excluding hydrogens is 148 g/mol. The summed E-state index contributed by atoms with van der Waals surface area (Å²) in [5, 5.41) is 17.1. The highest BCUT2D eigenvalue weighted by Gasteiger charge is 2.17. The van der Waals surface area contributed by atoms with Crippen LogP contribution in [0.5, 0.6) is 0 Å². The second kappa shape index (κ2) is 2.65. The van der Waals surface area contributed by atoms with Crippen LogP contribution in [0.15, 0.2) is 6.33 Å². The van der Waals surface area contributed by atoms with Crippen LogP contribution in [0, 0.1) is 10.1 Å². The lowest BCUT2D eigenvalue weighted by molar-refractivity contribution is -0.397. The van der Waals surface area contributed by atoms with E-state index in [1.54, 1.807) is 0 Å². The Morgan fingerprint density at radius 2 is 2.36 bits per heavy atom. The van der Waals surface area contributed by atoms with E-state index in [0.29, 0.717) is 0 Å². The lowest BCUT2D eigenvalue weighted by atomic mass is 10.4. The molecule has 0 aliphatic carbocycles. The number of aromatic nitrogens is 3. The molecule has 0 N–H and O–H groups in total. The van der Waals surface area contributed by atoms with E-state index in [4.69, 9.17) is 0 Å². The first-order valence-electron chi connectivity index (χ1n) is 3.17. The molecule has 1 aromatic heterocycles. The van der Waals surface area contributed by atoms with E-state index in [2.05, 4.69) is 10.2 Å². The molecule has 6 nitrogen and oxygen atoms in total. The second-order valence-corrected chi connectivity index (χ2v) is 2.39. The molecule has 1 rings (SSSR count). The quantitative estimate of drug-likeness (QED) is 0.468. The highest BCUT2D eigenvalue weighted by molar-refractivity contribution is 5.02. The molecule has 1 heterocycles. The van der Waals surface area contributed by atoms with Crippen molar-refractivity contribution in [2.45, 2.75) is 19.9 Å². The Balaban J connectivity index is 3.06. The van der Waals surface area contributed by atoms with Crippen molar-refractivity contribution in [1.29, 1.82) is 0 Å². The Hall–Kier alpha value is -1.46. The van der Waals surface area contributed by atoms with E-state index in [0.717, 1.165) is 0 Å². The van der Waals surface area contributed by atoms with Crippen molar-refractivity contribution < 1.29 is 4.92 Å². The van der Waals surface area contributed by atoms with Crippen molar-refractivity contribution in [1.82, 2.24) is 14.8 Å². The van der Waals surface area contributed by atoms with E-state index < -0.39 is 4.92 Å². The van der Waals surface area contributed by atoms with Crippen molar-refractivity contribution in [3.63, 3.8) is 0 Å². The first-order chi connectivity index (χ1) is 5.13. The highest BCUT2D eigenvalue weighted by atomic mass is 16.6. The summed E-state index contributed by atoms with van der Waals surface area (Å²) in [7, 11) is 0. The average Bonchev–Trinajstić information content (AvgIpc) is 2.32. The molecule has 0 aliphatic rings. The minimum Gasteiger partial charge on any atom is -0.390 e. The highest BCUT2D eigenvalue weighted by Crippen LogP contribution is 2.12. The zero-order valence-corrected chi connectivity index (χ0v) is 6.26. The van der Waals surface area contributed by atoms with Gasteiger partial charge in [0.2, 0.25) is 0 Å². The molecule has 0 aromatic carbocycles. The molecule has 0 amide bonds. The second-order valence-electron chi connectivity index (χ2n) is 2.39. The van der Waals surface area contributed by atoms with Gasteiger partial charge in [-0.15, -0.1) is 0 Å². The Kier molecular flexibility index (Phi) is 1.84. The molecular formula is C5H8N4O2. The molecule has 60 valence electrons. The Morgan fingerprint density at radius 1 is 1.73 bits per heavy atom. The van der Waals surface area contributed by atoms with Crippen LogP contribution in [0.2, 0.25) is 0 Å². The Morgan fingerprint density at radius 3 is 2.73 bits per heavy atom. The number of rotatable bonds is 2. The molecule has 0 fully saturated rings. The van der Waals surface area contributed by atoms with Crippen LogP contribution in [-0.4, -0.2) is 19.7 Å². The topological polar surface area (TPSA) is 73.8 Å². The number of nitro groups is 1. The normalized spacial score (nSPS) is 10.5. The average molecular weight is 156 g/mol. The third kappa shape index (κ3) is 1.34. The molecule has 1 aromatic rings. The van der Waals surface area contributed by atoms with Crippen molar-refractivity contribution in [2.75, 3.05) is 0 Å². The van der Waals surface area contributed by atoms with Gasteiger partial charge < -0.3 is 10.1 Å². The van der Waals surface area contributed by atoms with Gasteiger partial charge in [0, 0.05) is 0 Å². The fraction of sp³-hybridized carbons (Fsp3) is 0.600. The van der Waals surface area contributed by atoms with Crippen molar-refractivity contribution in [3.8, 4) is 0 Å². The van der Waals surface area contributed by atoms with Gasteiger partial charge in [-0.05, 0) is 23.9 Å². The van der Waals surface area contributed by atoms with Crippen molar-refractivity contribution >= 4 is 5.95 Å². The zero-order chi connectivity index (χ0) is 8.43. The Bertz CT molecular complexity index is 267. The van der Waals surface area contributed by atoms with E-state index in [1.807, 2.05) is 13.8 Å². The lowest BCUT2D eigenvalue weighted by Crippen LogP contribution is -2.04. The smallest absolute Gasteiger partial charge is 0.390 e. The number of hydrogen-bond donors (Lipinski definition) is 0. The van der Waals surface area contributed by atoms with Gasteiger partial charge in [-0.3, -0.25) is 0 Å². The van der Waals surface area contributed by atoms with Gasteiger partial charge in [-0.25, -0.2) is 4.57 Å². The Labute approximate surface area is 63.0 Å². The number of nitrogens with zero attached hydrogens (tertiary/aromatic N) is 4. The molecule has 0 saturated carbocycles. The third-order valence-electron chi connectivity index (χ3n) is 1.27. The summed E-state index contributed by atoms with van der Waals surface area (Å²) in [6, 6.07) is 0.0189. The molecule has 6 heteroatoms. The molecule has 0 radical (unpaired) electrons. The summed E-state index contributed by atoms with van der Waals surface area (Å²) < 4.78 is 1.40. The minimum absolute atomic E-state index is 0.0189. The van der Waals surface area contributed by atoms with Crippen LogP contribution < -0.4 is 0 Å². The number of hydrogen-bond acceptors (Lipinski definition) is 4. The zero-order valence-electron chi connectivity index (χ0n) is 6.26. The largest absolute Gasteiger partial charge is 0.458 e. The maximum Gasteiger partial charge on any atom is 0.458 e. The van der Waals surface area contributed by atoms with Gasteiger partial charge in [-0.2, -0.15) is 0 Å². The van der Waals surface area contributed by atoms with Crippen LogP contribution in [-0.2, 0) is 0 Å². The summed E-state index contributed by atoms with van der Waals surface area (Å²) >= 11 is 0. The van der Waals surface area contributed by atoms with Crippen LogP contribution in [0.3, 0.4) is 0 Å². The van der Waals surface area contributed by atoms with Gasteiger partial charge in [0.05, 0.1) is 11.1 Å². The third-order valence-corrected chi connectivity index (χ3v) is 1.27. The maximum absolute atomic E-state index is 10.3. The van der Waals surface area contributed by atoms with Crippen LogP contribution in [0.25, 0.3) is 0 Å². The predicted octanol–water partition coefficient (Wildman–Crippen LogP) is 0.767. The molecule has 0 bridgehead atoms. The summed E-state index contributed by atoms with van der Waals surface area (Å²) in [5.74, 6) is -0.208. The summed E-state index contributed by atoms with van der Waals surface area (Å²) in [5.41, 5.74) is 0. The van der Waals surface area contributed by atoms with E-state index in [9.17, 15) is 10.1 Å². The van der Waals surface area contributed by atoms with Crippen LogP contribution in [0.1, 0.15) is 19.9 Å². The molecule has 0 aliphatic heterocycles. The van der Waals surface area contributed by atoms with Crippen molar-refractivity contribution in [3.05, 3.63) is 16.4 Å².